The molecule has 2 nitrogen and oxygen atoms in total. The van der Waals surface area contributed by atoms with E-state index in [1.54, 1.807) is 0 Å². The minimum atomic E-state index is 0.904. The standard InChI is InChI=1S/C9H16N2/c1-2-3-4-5-9-8(10)6-7-11-9/h6-7,11H,2-5,10H2,1H3. The Bertz CT molecular complexity index is 203. The van der Waals surface area contributed by atoms with Crippen LogP contribution in [0.15, 0.2) is 12.3 Å². The van der Waals surface area contributed by atoms with Crippen molar-refractivity contribution in [2.24, 2.45) is 0 Å². The number of nitrogens with one attached hydrogen (secondary N) is 1. The van der Waals surface area contributed by atoms with E-state index in [2.05, 4.69) is 11.9 Å². The van der Waals surface area contributed by atoms with Crippen LogP contribution in [0.5, 0.6) is 0 Å². The fourth-order valence-corrected chi connectivity index (χ4v) is 1.18. The third-order valence-electron chi connectivity index (χ3n) is 1.90. The van der Waals surface area contributed by atoms with Gasteiger partial charge in [-0.2, -0.15) is 0 Å². The summed E-state index contributed by atoms with van der Waals surface area (Å²) in [5, 5.41) is 0. The van der Waals surface area contributed by atoms with E-state index in [0.29, 0.717) is 0 Å². The Morgan fingerprint density at radius 3 is 2.82 bits per heavy atom. The van der Waals surface area contributed by atoms with Crippen molar-refractivity contribution in [1.82, 2.24) is 4.98 Å². The van der Waals surface area contributed by atoms with Gasteiger partial charge >= 0.3 is 0 Å². The SMILES string of the molecule is CCCCCc1[nH]ccc1N. The number of aryl methyl sites for hydroxylation is 1. The highest BCUT2D eigenvalue weighted by atomic mass is 14.7. The predicted molar refractivity (Wildman–Crippen MR) is 48.4 cm³/mol. The molecule has 1 aromatic heterocycles. The summed E-state index contributed by atoms with van der Waals surface area (Å²) >= 11 is 0. The van der Waals surface area contributed by atoms with Crippen molar-refractivity contribution in [1.29, 1.82) is 0 Å². The molecule has 0 aromatic carbocycles. The minimum absolute atomic E-state index is 0.904. The third kappa shape index (κ3) is 2.30. The summed E-state index contributed by atoms with van der Waals surface area (Å²) in [6, 6.07) is 1.92. The zero-order chi connectivity index (χ0) is 8.10. The van der Waals surface area contributed by atoms with Gasteiger partial charge in [-0.05, 0) is 18.9 Å². The molecule has 0 unspecified atom stereocenters. The van der Waals surface area contributed by atoms with Crippen molar-refractivity contribution in [3.63, 3.8) is 0 Å². The Morgan fingerprint density at radius 1 is 1.45 bits per heavy atom. The third-order valence-corrected chi connectivity index (χ3v) is 1.90. The van der Waals surface area contributed by atoms with Crippen LogP contribution in [0.2, 0.25) is 0 Å². The van der Waals surface area contributed by atoms with Gasteiger partial charge in [0.05, 0.1) is 5.69 Å². The Balaban J connectivity index is 2.32. The molecule has 1 rings (SSSR count). The van der Waals surface area contributed by atoms with Gasteiger partial charge in [0.1, 0.15) is 0 Å². The molecule has 62 valence electrons. The fourth-order valence-electron chi connectivity index (χ4n) is 1.18. The van der Waals surface area contributed by atoms with E-state index >= 15 is 0 Å². The van der Waals surface area contributed by atoms with Gasteiger partial charge in [-0.25, -0.2) is 0 Å². The average molecular weight is 152 g/mol. The fraction of sp³-hybridized carbons (Fsp3) is 0.556. The molecule has 0 radical (unpaired) electrons. The Labute approximate surface area is 67.8 Å². The monoisotopic (exact) mass is 152 g/mol. The molecule has 0 saturated heterocycles. The smallest absolute Gasteiger partial charge is 0.0524 e. The van der Waals surface area contributed by atoms with Crippen LogP contribution in [0.25, 0.3) is 0 Å². The van der Waals surface area contributed by atoms with Crippen LogP contribution in [0.4, 0.5) is 5.69 Å². The summed E-state index contributed by atoms with van der Waals surface area (Å²) < 4.78 is 0. The lowest BCUT2D eigenvalue weighted by atomic mass is 10.1. The summed E-state index contributed by atoms with van der Waals surface area (Å²) in [7, 11) is 0. The lowest BCUT2D eigenvalue weighted by molar-refractivity contribution is 0.710. The predicted octanol–water partition coefficient (Wildman–Crippen LogP) is 2.33. The number of rotatable bonds is 4. The Kier molecular flexibility index (Phi) is 3.02. The van der Waals surface area contributed by atoms with E-state index in [-0.39, 0.29) is 0 Å². The molecule has 1 heterocycles. The molecule has 0 amide bonds. The van der Waals surface area contributed by atoms with E-state index in [9.17, 15) is 0 Å². The maximum absolute atomic E-state index is 5.69. The lowest BCUT2D eigenvalue weighted by Gasteiger charge is -1.97. The van der Waals surface area contributed by atoms with E-state index in [1.165, 1.54) is 25.0 Å². The first-order valence-electron chi connectivity index (χ1n) is 4.26. The van der Waals surface area contributed by atoms with Crippen molar-refractivity contribution in [3.8, 4) is 0 Å². The highest BCUT2D eigenvalue weighted by Gasteiger charge is 1.97. The van der Waals surface area contributed by atoms with Crippen molar-refractivity contribution >= 4 is 5.69 Å². The second kappa shape index (κ2) is 4.06. The number of aromatic nitrogens is 1. The normalized spacial score (nSPS) is 10.3. The largest absolute Gasteiger partial charge is 0.397 e. The molecule has 2 heteroatoms. The Hall–Kier alpha value is -0.920. The maximum Gasteiger partial charge on any atom is 0.0524 e. The van der Waals surface area contributed by atoms with Crippen LogP contribution in [0.1, 0.15) is 31.9 Å². The first-order chi connectivity index (χ1) is 5.34. The second-order valence-electron chi connectivity index (χ2n) is 2.87. The minimum Gasteiger partial charge on any atom is -0.397 e. The zero-order valence-electron chi connectivity index (χ0n) is 7.06. The van der Waals surface area contributed by atoms with E-state index in [0.717, 1.165) is 12.1 Å². The molecule has 0 atom stereocenters. The van der Waals surface area contributed by atoms with Crippen LogP contribution in [0, 0.1) is 0 Å². The summed E-state index contributed by atoms with van der Waals surface area (Å²) in [5.74, 6) is 0. The first-order valence-corrected chi connectivity index (χ1v) is 4.26. The van der Waals surface area contributed by atoms with Crippen molar-refractivity contribution in [2.75, 3.05) is 5.73 Å². The van der Waals surface area contributed by atoms with Gasteiger partial charge in [0.15, 0.2) is 0 Å². The van der Waals surface area contributed by atoms with Crippen molar-refractivity contribution in [2.45, 2.75) is 32.6 Å². The van der Waals surface area contributed by atoms with Crippen LogP contribution in [-0.2, 0) is 6.42 Å². The molecule has 1 aromatic rings. The first kappa shape index (κ1) is 8.18. The summed E-state index contributed by atoms with van der Waals surface area (Å²) in [6.45, 7) is 2.21. The molecule has 0 bridgehead atoms. The molecule has 11 heavy (non-hydrogen) atoms. The molecule has 0 aliphatic rings. The molecule has 0 fully saturated rings. The number of H-pyrrole nitrogens is 1. The number of aromatic amines is 1. The van der Waals surface area contributed by atoms with Crippen LogP contribution >= 0.6 is 0 Å². The van der Waals surface area contributed by atoms with Crippen molar-refractivity contribution < 1.29 is 0 Å². The summed E-state index contributed by atoms with van der Waals surface area (Å²) in [4.78, 5) is 3.14. The number of hydrogen-bond acceptors (Lipinski definition) is 1. The van der Waals surface area contributed by atoms with E-state index < -0.39 is 0 Å². The van der Waals surface area contributed by atoms with Crippen LogP contribution in [0.3, 0.4) is 0 Å². The topological polar surface area (TPSA) is 41.8 Å². The van der Waals surface area contributed by atoms with Gasteiger partial charge in [-0.3, -0.25) is 0 Å². The van der Waals surface area contributed by atoms with Gasteiger partial charge < -0.3 is 10.7 Å². The van der Waals surface area contributed by atoms with Crippen LogP contribution < -0.4 is 5.73 Å². The molecule has 3 N–H and O–H groups in total. The van der Waals surface area contributed by atoms with Crippen LogP contribution in [-0.4, -0.2) is 4.98 Å². The zero-order valence-corrected chi connectivity index (χ0v) is 7.06. The van der Waals surface area contributed by atoms with Gasteiger partial charge in [-0.15, -0.1) is 0 Å². The van der Waals surface area contributed by atoms with Gasteiger partial charge in [0.25, 0.3) is 0 Å². The molecule has 0 aliphatic carbocycles. The molecule has 0 spiro atoms. The van der Waals surface area contributed by atoms with E-state index in [4.69, 9.17) is 5.73 Å². The average Bonchev–Trinajstić information content (AvgIpc) is 2.37. The number of unbranched alkanes of at least 4 members (excludes halogenated alkanes) is 2. The highest BCUT2D eigenvalue weighted by molar-refractivity contribution is 5.42. The highest BCUT2D eigenvalue weighted by Crippen LogP contribution is 2.11. The molecular weight excluding hydrogens is 136 g/mol. The molecule has 0 saturated carbocycles. The van der Waals surface area contributed by atoms with E-state index in [1.807, 2.05) is 12.3 Å². The quantitative estimate of drug-likeness (QED) is 0.639. The number of anilines is 1. The van der Waals surface area contributed by atoms with Gasteiger partial charge in [-0.1, -0.05) is 19.8 Å². The number of nitrogens with two attached hydrogens (primary N) is 1. The molecular formula is C9H16N2. The second-order valence-corrected chi connectivity index (χ2v) is 2.87. The number of nitrogen functional groups attached to an aromatic ring is 1. The summed E-state index contributed by atoms with van der Waals surface area (Å²) in [5.41, 5.74) is 7.79. The maximum atomic E-state index is 5.69. The van der Waals surface area contributed by atoms with Gasteiger partial charge in [0, 0.05) is 11.9 Å². The van der Waals surface area contributed by atoms with Crippen molar-refractivity contribution in [3.05, 3.63) is 18.0 Å². The lowest BCUT2D eigenvalue weighted by Crippen LogP contribution is -1.91. The molecule has 0 aliphatic heterocycles. The van der Waals surface area contributed by atoms with Gasteiger partial charge in [0.2, 0.25) is 0 Å². The number of hydrogen-bond donors (Lipinski definition) is 2. The summed E-state index contributed by atoms with van der Waals surface area (Å²) in [6.07, 6.45) is 6.78. The Morgan fingerprint density at radius 2 is 2.27 bits per heavy atom.